The molecule has 2 nitrogen and oxygen atoms in total. The van der Waals surface area contributed by atoms with E-state index in [4.69, 9.17) is 0 Å². The summed E-state index contributed by atoms with van der Waals surface area (Å²) in [4.78, 5) is 2.52. The molecular weight excluding hydrogens is 300 g/mol. The van der Waals surface area contributed by atoms with Crippen molar-refractivity contribution in [1.82, 2.24) is 5.32 Å². The van der Waals surface area contributed by atoms with Gasteiger partial charge in [-0.1, -0.05) is 36.7 Å². The Kier molecular flexibility index (Phi) is 4.57. The van der Waals surface area contributed by atoms with Gasteiger partial charge >= 0.3 is 0 Å². The van der Waals surface area contributed by atoms with E-state index in [2.05, 4.69) is 72.0 Å². The third kappa shape index (κ3) is 3.96. The molecule has 1 aromatic rings. The van der Waals surface area contributed by atoms with Gasteiger partial charge in [-0.25, -0.2) is 0 Å². The maximum atomic E-state index is 3.70. The monoisotopic (exact) mass is 324 g/mol. The second-order valence-electron chi connectivity index (χ2n) is 6.66. The fraction of sp³-hybridized carbons (Fsp3) is 0.625. The van der Waals surface area contributed by atoms with Gasteiger partial charge < -0.3 is 10.2 Å². The van der Waals surface area contributed by atoms with E-state index in [-0.39, 0.29) is 0 Å². The Bertz CT molecular complexity index is 417. The van der Waals surface area contributed by atoms with Crippen molar-refractivity contribution in [2.75, 3.05) is 24.5 Å². The van der Waals surface area contributed by atoms with E-state index in [1.54, 1.807) is 0 Å². The summed E-state index contributed by atoms with van der Waals surface area (Å²) in [5.74, 6) is 0. The van der Waals surface area contributed by atoms with E-state index in [0.717, 1.165) is 19.6 Å². The molecule has 106 valence electrons. The maximum absolute atomic E-state index is 3.70. The molecule has 1 heterocycles. The van der Waals surface area contributed by atoms with Crippen LogP contribution in [0.3, 0.4) is 0 Å². The first-order valence-electron chi connectivity index (χ1n) is 7.12. The van der Waals surface area contributed by atoms with Crippen LogP contribution in [0.25, 0.3) is 0 Å². The van der Waals surface area contributed by atoms with Crippen LogP contribution in [0, 0.1) is 12.3 Å². The number of nitrogens with one attached hydrogen (secondary N) is 1. The van der Waals surface area contributed by atoms with Crippen molar-refractivity contribution in [2.24, 2.45) is 5.41 Å². The third-order valence-corrected chi connectivity index (χ3v) is 4.29. The number of nitrogens with zero attached hydrogens (tertiary/aromatic N) is 1. The average Bonchev–Trinajstić information content (AvgIpc) is 2.52. The highest BCUT2D eigenvalue weighted by molar-refractivity contribution is 9.10. The molecule has 1 saturated heterocycles. The Balaban J connectivity index is 2.22. The minimum Gasteiger partial charge on any atom is -0.370 e. The van der Waals surface area contributed by atoms with Gasteiger partial charge in [-0.15, -0.1) is 0 Å². The van der Waals surface area contributed by atoms with E-state index < -0.39 is 0 Å². The van der Waals surface area contributed by atoms with Gasteiger partial charge in [-0.2, -0.15) is 0 Å². The number of benzene rings is 1. The highest BCUT2D eigenvalue weighted by Crippen LogP contribution is 2.27. The predicted octanol–water partition coefficient (Wildman–Crippen LogP) is 3.97. The van der Waals surface area contributed by atoms with Gasteiger partial charge in [0.25, 0.3) is 0 Å². The quantitative estimate of drug-likeness (QED) is 0.840. The Morgan fingerprint density at radius 1 is 1.26 bits per heavy atom. The van der Waals surface area contributed by atoms with Gasteiger partial charge in [0, 0.05) is 29.3 Å². The van der Waals surface area contributed by atoms with Crippen LogP contribution in [-0.4, -0.2) is 25.7 Å². The van der Waals surface area contributed by atoms with E-state index >= 15 is 0 Å². The minimum absolute atomic E-state index is 0.295. The van der Waals surface area contributed by atoms with Crippen LogP contribution in [0.5, 0.6) is 0 Å². The average molecular weight is 325 g/mol. The van der Waals surface area contributed by atoms with Crippen LogP contribution < -0.4 is 10.2 Å². The largest absolute Gasteiger partial charge is 0.370 e. The summed E-state index contributed by atoms with van der Waals surface area (Å²) in [6.45, 7) is 12.5. The standard InChI is InChI=1S/C16H25BrN2/c1-12-8-13(17)10-14(9-12)19-7-5-6-18-15(11-19)16(2,3)4/h8-10,15,18H,5-7,11H2,1-4H3. The van der Waals surface area contributed by atoms with Crippen molar-refractivity contribution in [3.05, 3.63) is 28.2 Å². The van der Waals surface area contributed by atoms with E-state index in [1.807, 2.05) is 0 Å². The van der Waals surface area contributed by atoms with Crippen molar-refractivity contribution in [1.29, 1.82) is 0 Å². The van der Waals surface area contributed by atoms with Crippen LogP contribution in [0.15, 0.2) is 22.7 Å². The lowest BCUT2D eigenvalue weighted by Gasteiger charge is -2.34. The Hall–Kier alpha value is -0.540. The zero-order valence-electron chi connectivity index (χ0n) is 12.5. The van der Waals surface area contributed by atoms with Gasteiger partial charge in [0.2, 0.25) is 0 Å². The molecule has 0 amide bonds. The summed E-state index contributed by atoms with van der Waals surface area (Å²) in [5.41, 5.74) is 2.95. The summed E-state index contributed by atoms with van der Waals surface area (Å²) >= 11 is 3.61. The van der Waals surface area contributed by atoms with Gasteiger partial charge in [0.05, 0.1) is 0 Å². The molecule has 1 aliphatic heterocycles. The number of anilines is 1. The summed E-state index contributed by atoms with van der Waals surface area (Å²) in [6, 6.07) is 7.23. The van der Waals surface area contributed by atoms with Crippen molar-refractivity contribution in [3.8, 4) is 0 Å². The maximum Gasteiger partial charge on any atom is 0.0380 e. The van der Waals surface area contributed by atoms with Crippen molar-refractivity contribution >= 4 is 21.6 Å². The number of hydrogen-bond acceptors (Lipinski definition) is 2. The lowest BCUT2D eigenvalue weighted by Crippen LogP contribution is -2.46. The van der Waals surface area contributed by atoms with Gasteiger partial charge in [-0.05, 0) is 49.1 Å². The van der Waals surface area contributed by atoms with E-state index in [9.17, 15) is 0 Å². The SMILES string of the molecule is Cc1cc(Br)cc(N2CCCNC(C(C)(C)C)C2)c1. The summed E-state index contributed by atoms with van der Waals surface area (Å²) in [6.07, 6.45) is 1.21. The molecule has 1 unspecified atom stereocenters. The first-order chi connectivity index (χ1) is 8.86. The topological polar surface area (TPSA) is 15.3 Å². The molecular formula is C16H25BrN2. The second-order valence-corrected chi connectivity index (χ2v) is 7.57. The second kappa shape index (κ2) is 5.84. The molecule has 2 rings (SSSR count). The zero-order valence-corrected chi connectivity index (χ0v) is 14.0. The molecule has 0 aliphatic carbocycles. The van der Waals surface area contributed by atoms with Crippen LogP contribution >= 0.6 is 15.9 Å². The minimum atomic E-state index is 0.295. The van der Waals surface area contributed by atoms with Crippen LogP contribution in [0.4, 0.5) is 5.69 Å². The van der Waals surface area contributed by atoms with Crippen molar-refractivity contribution < 1.29 is 0 Å². The van der Waals surface area contributed by atoms with Crippen LogP contribution in [0.2, 0.25) is 0 Å². The smallest absolute Gasteiger partial charge is 0.0380 e. The number of hydrogen-bond donors (Lipinski definition) is 1. The molecule has 1 atom stereocenters. The highest BCUT2D eigenvalue weighted by atomic mass is 79.9. The molecule has 19 heavy (non-hydrogen) atoms. The van der Waals surface area contributed by atoms with Gasteiger partial charge in [0.15, 0.2) is 0 Å². The fourth-order valence-electron chi connectivity index (χ4n) is 2.64. The van der Waals surface area contributed by atoms with Crippen molar-refractivity contribution in [2.45, 2.75) is 40.2 Å². The summed E-state index contributed by atoms with van der Waals surface area (Å²) in [7, 11) is 0. The lowest BCUT2D eigenvalue weighted by molar-refractivity contribution is 0.280. The highest BCUT2D eigenvalue weighted by Gasteiger charge is 2.28. The van der Waals surface area contributed by atoms with Gasteiger partial charge in [0.1, 0.15) is 0 Å². The number of rotatable bonds is 1. The summed E-state index contributed by atoms with van der Waals surface area (Å²) < 4.78 is 1.17. The Morgan fingerprint density at radius 3 is 2.63 bits per heavy atom. The van der Waals surface area contributed by atoms with Crippen LogP contribution in [-0.2, 0) is 0 Å². The Morgan fingerprint density at radius 2 is 2.00 bits per heavy atom. The molecule has 1 N–H and O–H groups in total. The molecule has 0 spiro atoms. The number of halogens is 1. The molecule has 1 aromatic carbocycles. The normalized spacial score (nSPS) is 21.3. The zero-order chi connectivity index (χ0) is 14.0. The molecule has 0 saturated carbocycles. The number of aryl methyl sites for hydroxylation is 1. The molecule has 0 bridgehead atoms. The van der Waals surface area contributed by atoms with Crippen molar-refractivity contribution in [3.63, 3.8) is 0 Å². The molecule has 0 aromatic heterocycles. The lowest BCUT2D eigenvalue weighted by atomic mass is 9.86. The van der Waals surface area contributed by atoms with E-state index in [1.165, 1.54) is 22.1 Å². The molecule has 3 heteroatoms. The molecule has 1 fully saturated rings. The fourth-order valence-corrected chi connectivity index (χ4v) is 3.23. The summed E-state index contributed by atoms with van der Waals surface area (Å²) in [5, 5.41) is 3.70. The predicted molar refractivity (Wildman–Crippen MR) is 87.0 cm³/mol. The third-order valence-electron chi connectivity index (χ3n) is 3.84. The first kappa shape index (κ1) is 14.9. The molecule has 0 radical (unpaired) electrons. The van der Waals surface area contributed by atoms with E-state index in [0.29, 0.717) is 11.5 Å². The first-order valence-corrected chi connectivity index (χ1v) is 7.91. The van der Waals surface area contributed by atoms with Crippen LogP contribution in [0.1, 0.15) is 32.8 Å². The Labute approximate surface area is 125 Å². The van der Waals surface area contributed by atoms with Gasteiger partial charge in [-0.3, -0.25) is 0 Å². The molecule has 1 aliphatic rings.